The van der Waals surface area contributed by atoms with Crippen LogP contribution >= 0.6 is 0 Å². The molecule has 0 radical (unpaired) electrons. The van der Waals surface area contributed by atoms with E-state index in [0.717, 1.165) is 22.5 Å². The minimum atomic E-state index is -0.277. The molecule has 3 rings (SSSR count). The average molecular weight is 332 g/mol. The molecule has 0 unspecified atom stereocenters. The van der Waals surface area contributed by atoms with Gasteiger partial charge in [-0.05, 0) is 56.7 Å². The zero-order valence-electron chi connectivity index (χ0n) is 14.5. The zero-order chi connectivity index (χ0) is 17.8. The SMILES string of the molecule is Cc1ccc(Nc2ccc(C(=O)Nc3ccc(C)cc3C)nn2)cc1. The zero-order valence-corrected chi connectivity index (χ0v) is 14.5. The van der Waals surface area contributed by atoms with Gasteiger partial charge in [-0.25, -0.2) is 0 Å². The molecule has 25 heavy (non-hydrogen) atoms. The van der Waals surface area contributed by atoms with Gasteiger partial charge in [-0.1, -0.05) is 35.4 Å². The topological polar surface area (TPSA) is 66.9 Å². The fourth-order valence-electron chi connectivity index (χ4n) is 2.45. The first-order valence-corrected chi connectivity index (χ1v) is 8.07. The number of anilines is 3. The van der Waals surface area contributed by atoms with E-state index in [-0.39, 0.29) is 11.6 Å². The number of nitrogens with one attached hydrogen (secondary N) is 2. The van der Waals surface area contributed by atoms with E-state index in [1.165, 1.54) is 5.56 Å². The molecule has 0 saturated carbocycles. The maximum Gasteiger partial charge on any atom is 0.276 e. The molecule has 0 aliphatic rings. The molecule has 1 amide bonds. The van der Waals surface area contributed by atoms with Crippen LogP contribution in [0.1, 0.15) is 27.2 Å². The van der Waals surface area contributed by atoms with Crippen LogP contribution in [0.5, 0.6) is 0 Å². The standard InChI is InChI=1S/C20H20N4O/c1-13-4-7-16(8-5-13)21-19-11-10-18(23-24-19)20(25)22-17-9-6-14(2)12-15(17)3/h4-12H,1-3H3,(H,21,24)(H,22,25). The van der Waals surface area contributed by atoms with Crippen molar-refractivity contribution in [1.82, 2.24) is 10.2 Å². The Kier molecular flexibility index (Phi) is 4.75. The molecule has 3 aromatic rings. The van der Waals surface area contributed by atoms with Crippen molar-refractivity contribution in [2.45, 2.75) is 20.8 Å². The fraction of sp³-hybridized carbons (Fsp3) is 0.150. The second-order valence-electron chi connectivity index (χ2n) is 6.07. The van der Waals surface area contributed by atoms with Crippen molar-refractivity contribution in [3.8, 4) is 0 Å². The van der Waals surface area contributed by atoms with Gasteiger partial charge in [0.25, 0.3) is 5.91 Å². The van der Waals surface area contributed by atoms with E-state index in [1.807, 2.05) is 63.2 Å². The van der Waals surface area contributed by atoms with Crippen LogP contribution in [0.3, 0.4) is 0 Å². The lowest BCUT2D eigenvalue weighted by atomic mass is 10.1. The van der Waals surface area contributed by atoms with E-state index < -0.39 is 0 Å². The smallest absolute Gasteiger partial charge is 0.276 e. The van der Waals surface area contributed by atoms with Crippen LogP contribution in [0.4, 0.5) is 17.2 Å². The third kappa shape index (κ3) is 4.20. The van der Waals surface area contributed by atoms with Gasteiger partial charge >= 0.3 is 0 Å². The Morgan fingerprint density at radius 2 is 1.56 bits per heavy atom. The van der Waals surface area contributed by atoms with Gasteiger partial charge in [-0.2, -0.15) is 0 Å². The molecule has 0 fully saturated rings. The number of amides is 1. The van der Waals surface area contributed by atoms with Crippen LogP contribution in [0.25, 0.3) is 0 Å². The van der Waals surface area contributed by atoms with Crippen molar-refractivity contribution < 1.29 is 4.79 Å². The molecule has 2 aromatic carbocycles. The Balaban J connectivity index is 1.68. The molecule has 0 spiro atoms. The highest BCUT2D eigenvalue weighted by atomic mass is 16.1. The molecule has 5 nitrogen and oxygen atoms in total. The second kappa shape index (κ2) is 7.13. The van der Waals surface area contributed by atoms with E-state index in [2.05, 4.69) is 20.8 Å². The van der Waals surface area contributed by atoms with Crippen LogP contribution in [0.15, 0.2) is 54.6 Å². The van der Waals surface area contributed by atoms with E-state index in [0.29, 0.717) is 5.82 Å². The molecule has 5 heteroatoms. The number of nitrogens with zero attached hydrogens (tertiary/aromatic N) is 2. The summed E-state index contributed by atoms with van der Waals surface area (Å²) in [5, 5.41) is 14.1. The van der Waals surface area contributed by atoms with Crippen molar-refractivity contribution in [2.75, 3.05) is 10.6 Å². The van der Waals surface area contributed by atoms with Crippen LogP contribution < -0.4 is 10.6 Å². The number of benzene rings is 2. The van der Waals surface area contributed by atoms with Crippen LogP contribution in [-0.4, -0.2) is 16.1 Å². The normalized spacial score (nSPS) is 10.4. The van der Waals surface area contributed by atoms with Gasteiger partial charge in [0.1, 0.15) is 0 Å². The van der Waals surface area contributed by atoms with Gasteiger partial charge in [0.05, 0.1) is 0 Å². The summed E-state index contributed by atoms with van der Waals surface area (Å²) in [7, 11) is 0. The van der Waals surface area contributed by atoms with Crippen molar-refractivity contribution in [3.05, 3.63) is 77.0 Å². The number of hydrogen-bond donors (Lipinski definition) is 2. The van der Waals surface area contributed by atoms with E-state index >= 15 is 0 Å². The van der Waals surface area contributed by atoms with Gasteiger partial charge in [-0.15, -0.1) is 10.2 Å². The van der Waals surface area contributed by atoms with Crippen LogP contribution in [0, 0.1) is 20.8 Å². The molecule has 0 aliphatic heterocycles. The lowest BCUT2D eigenvalue weighted by molar-refractivity contribution is 0.102. The van der Waals surface area contributed by atoms with E-state index in [1.54, 1.807) is 12.1 Å². The van der Waals surface area contributed by atoms with Gasteiger partial charge < -0.3 is 10.6 Å². The largest absolute Gasteiger partial charge is 0.339 e. The molecule has 126 valence electrons. The Morgan fingerprint density at radius 1 is 0.840 bits per heavy atom. The summed E-state index contributed by atoms with van der Waals surface area (Å²) in [6.45, 7) is 6.01. The summed E-state index contributed by atoms with van der Waals surface area (Å²) in [5.41, 5.74) is 5.33. The molecular formula is C20H20N4O. The first-order chi connectivity index (χ1) is 12.0. The van der Waals surface area contributed by atoms with Crippen LogP contribution in [-0.2, 0) is 0 Å². The van der Waals surface area contributed by atoms with Crippen molar-refractivity contribution in [1.29, 1.82) is 0 Å². The number of rotatable bonds is 4. The summed E-state index contributed by atoms with van der Waals surface area (Å²) in [5.74, 6) is 0.313. The van der Waals surface area contributed by atoms with Crippen molar-refractivity contribution >= 4 is 23.1 Å². The van der Waals surface area contributed by atoms with Gasteiger partial charge in [0, 0.05) is 11.4 Å². The Hall–Kier alpha value is -3.21. The minimum absolute atomic E-state index is 0.273. The monoisotopic (exact) mass is 332 g/mol. The Bertz CT molecular complexity index is 887. The van der Waals surface area contributed by atoms with E-state index in [9.17, 15) is 4.79 Å². The minimum Gasteiger partial charge on any atom is -0.339 e. The third-order valence-electron chi connectivity index (χ3n) is 3.85. The molecule has 0 aliphatic carbocycles. The highest BCUT2D eigenvalue weighted by Crippen LogP contribution is 2.18. The van der Waals surface area contributed by atoms with Crippen LogP contribution in [0.2, 0.25) is 0 Å². The molecular weight excluding hydrogens is 312 g/mol. The molecule has 1 heterocycles. The number of hydrogen-bond acceptors (Lipinski definition) is 4. The van der Waals surface area contributed by atoms with Crippen molar-refractivity contribution in [2.24, 2.45) is 0 Å². The summed E-state index contributed by atoms with van der Waals surface area (Å²) in [6, 6.07) is 17.2. The summed E-state index contributed by atoms with van der Waals surface area (Å²) in [4.78, 5) is 12.3. The first-order valence-electron chi connectivity index (χ1n) is 8.07. The second-order valence-corrected chi connectivity index (χ2v) is 6.07. The highest BCUT2D eigenvalue weighted by molar-refractivity contribution is 6.03. The average Bonchev–Trinajstić information content (AvgIpc) is 2.60. The summed E-state index contributed by atoms with van der Waals surface area (Å²) < 4.78 is 0. The Morgan fingerprint density at radius 3 is 2.20 bits per heavy atom. The molecule has 0 atom stereocenters. The molecule has 2 N–H and O–H groups in total. The van der Waals surface area contributed by atoms with Gasteiger partial charge in [0.2, 0.25) is 0 Å². The predicted octanol–water partition coefficient (Wildman–Crippen LogP) is 4.40. The number of aromatic nitrogens is 2. The quantitative estimate of drug-likeness (QED) is 0.743. The summed E-state index contributed by atoms with van der Waals surface area (Å²) >= 11 is 0. The molecule has 0 saturated heterocycles. The third-order valence-corrected chi connectivity index (χ3v) is 3.85. The molecule has 0 bridgehead atoms. The van der Waals surface area contributed by atoms with E-state index in [4.69, 9.17) is 0 Å². The number of aryl methyl sites for hydroxylation is 3. The lowest BCUT2D eigenvalue weighted by Crippen LogP contribution is -2.15. The fourth-order valence-corrected chi connectivity index (χ4v) is 2.45. The number of carbonyl (C=O) groups excluding carboxylic acids is 1. The summed E-state index contributed by atoms with van der Waals surface area (Å²) in [6.07, 6.45) is 0. The lowest BCUT2D eigenvalue weighted by Gasteiger charge is -2.09. The number of carbonyl (C=O) groups is 1. The maximum atomic E-state index is 12.3. The predicted molar refractivity (Wildman–Crippen MR) is 100 cm³/mol. The molecule has 1 aromatic heterocycles. The first kappa shape index (κ1) is 16.6. The highest BCUT2D eigenvalue weighted by Gasteiger charge is 2.10. The Labute approximate surface area is 147 Å². The van der Waals surface area contributed by atoms with Crippen molar-refractivity contribution in [3.63, 3.8) is 0 Å². The maximum absolute atomic E-state index is 12.3. The van der Waals surface area contributed by atoms with Gasteiger partial charge in [0.15, 0.2) is 11.5 Å². The van der Waals surface area contributed by atoms with Gasteiger partial charge in [-0.3, -0.25) is 4.79 Å².